The fourth-order valence-electron chi connectivity index (χ4n) is 2.75. The molecule has 0 bridgehead atoms. The van der Waals surface area contributed by atoms with E-state index < -0.39 is 0 Å². The van der Waals surface area contributed by atoms with Gasteiger partial charge in [0.15, 0.2) is 0 Å². The molecule has 142 valence electrons. The molecule has 0 unspecified atom stereocenters. The minimum atomic E-state index is -0.312. The van der Waals surface area contributed by atoms with Crippen molar-refractivity contribution in [2.45, 2.75) is 25.8 Å². The Morgan fingerprint density at radius 2 is 1.86 bits per heavy atom. The lowest BCUT2D eigenvalue weighted by Crippen LogP contribution is -2.30. The van der Waals surface area contributed by atoms with E-state index in [2.05, 4.69) is 16.1 Å². The first kappa shape index (κ1) is 19.3. The molecule has 0 atom stereocenters. The van der Waals surface area contributed by atoms with Gasteiger partial charge >= 0.3 is 0 Å². The maximum Gasteiger partial charge on any atom is 0.247 e. The van der Waals surface area contributed by atoms with E-state index in [1.807, 2.05) is 30.3 Å². The number of hydrogen-bond donors (Lipinski definition) is 0. The van der Waals surface area contributed by atoms with Crippen molar-refractivity contribution in [2.24, 2.45) is 0 Å². The summed E-state index contributed by atoms with van der Waals surface area (Å²) in [4.78, 5) is 14.1. The highest BCUT2D eigenvalue weighted by Gasteiger charge is 2.14. The molecule has 1 aromatic heterocycles. The Labute approximate surface area is 163 Å². The van der Waals surface area contributed by atoms with Gasteiger partial charge < -0.3 is 9.32 Å². The van der Waals surface area contributed by atoms with Gasteiger partial charge in [0.2, 0.25) is 17.7 Å². The van der Waals surface area contributed by atoms with E-state index in [4.69, 9.17) is 10.8 Å². The maximum atomic E-state index is 13.0. The molecule has 1 amide bonds. The van der Waals surface area contributed by atoms with Crippen LogP contribution in [0.4, 0.5) is 4.39 Å². The van der Waals surface area contributed by atoms with Crippen LogP contribution in [0.2, 0.25) is 0 Å². The zero-order valence-electron chi connectivity index (χ0n) is 15.3. The van der Waals surface area contributed by atoms with Crippen molar-refractivity contribution in [3.8, 4) is 23.8 Å². The summed E-state index contributed by atoms with van der Waals surface area (Å²) in [6, 6.07) is 15.5. The fraction of sp³-hybridized carbons (Fsp3) is 0.227. The van der Waals surface area contributed by atoms with Crippen LogP contribution in [0.15, 0.2) is 59.0 Å². The maximum absolute atomic E-state index is 13.0. The van der Waals surface area contributed by atoms with E-state index in [9.17, 15) is 9.18 Å². The van der Waals surface area contributed by atoms with Gasteiger partial charge in [-0.3, -0.25) is 4.79 Å². The number of benzene rings is 2. The number of nitrogens with zero attached hydrogens (tertiary/aromatic N) is 3. The molecule has 28 heavy (non-hydrogen) atoms. The Balaban J connectivity index is 1.52. The summed E-state index contributed by atoms with van der Waals surface area (Å²) in [5.41, 5.74) is 1.69. The van der Waals surface area contributed by atoms with Gasteiger partial charge in [-0.1, -0.05) is 36.3 Å². The van der Waals surface area contributed by atoms with Crippen LogP contribution in [-0.2, 0) is 17.8 Å². The Morgan fingerprint density at radius 3 is 2.57 bits per heavy atom. The molecule has 0 aliphatic carbocycles. The standard InChI is InChI=1S/C22H20FN3O2/c1-2-15-26(16-17-11-13-19(23)14-12-17)21(27)10-6-9-20-24-25-22(28-20)18-7-4-3-5-8-18/h1,3-5,7-8,11-14H,6,9-10,15-16H2. The Kier molecular flexibility index (Phi) is 6.53. The molecule has 5 nitrogen and oxygen atoms in total. The number of terminal acetylenes is 1. The summed E-state index contributed by atoms with van der Waals surface area (Å²) >= 11 is 0. The molecule has 1 heterocycles. The number of aromatic nitrogens is 2. The van der Waals surface area contributed by atoms with Crippen molar-refractivity contribution >= 4 is 5.91 Å². The molecule has 0 aliphatic rings. The predicted octanol–water partition coefficient (Wildman–Crippen LogP) is 3.86. The number of halogens is 1. The average molecular weight is 377 g/mol. The topological polar surface area (TPSA) is 59.2 Å². The van der Waals surface area contributed by atoms with Crippen molar-refractivity contribution in [3.63, 3.8) is 0 Å². The van der Waals surface area contributed by atoms with E-state index in [1.165, 1.54) is 12.1 Å². The van der Waals surface area contributed by atoms with Gasteiger partial charge in [0.25, 0.3) is 0 Å². The first-order valence-corrected chi connectivity index (χ1v) is 8.99. The molecule has 0 N–H and O–H groups in total. The molecule has 0 fully saturated rings. The van der Waals surface area contributed by atoms with Crippen molar-refractivity contribution in [3.05, 3.63) is 71.9 Å². The molecule has 0 radical (unpaired) electrons. The van der Waals surface area contributed by atoms with E-state index in [1.54, 1.807) is 17.0 Å². The minimum Gasteiger partial charge on any atom is -0.421 e. The zero-order chi connectivity index (χ0) is 19.8. The lowest BCUT2D eigenvalue weighted by molar-refractivity contribution is -0.131. The molecule has 2 aromatic carbocycles. The van der Waals surface area contributed by atoms with Gasteiger partial charge in [-0.05, 0) is 36.2 Å². The second-order valence-corrected chi connectivity index (χ2v) is 6.30. The SMILES string of the molecule is C#CCN(Cc1ccc(F)cc1)C(=O)CCCc1nnc(-c2ccccc2)o1. The predicted molar refractivity (Wildman–Crippen MR) is 103 cm³/mol. The Hall–Kier alpha value is -3.46. The summed E-state index contributed by atoms with van der Waals surface area (Å²) in [6.07, 6.45) is 6.77. The Bertz CT molecular complexity index is 946. The molecular formula is C22H20FN3O2. The van der Waals surface area contributed by atoms with E-state index in [0.717, 1.165) is 11.1 Å². The summed E-state index contributed by atoms with van der Waals surface area (Å²) in [5.74, 6) is 3.08. The number of rotatable bonds is 8. The average Bonchev–Trinajstić information content (AvgIpc) is 3.19. The molecule has 0 saturated carbocycles. The van der Waals surface area contributed by atoms with Crippen LogP contribution >= 0.6 is 0 Å². The monoisotopic (exact) mass is 377 g/mol. The van der Waals surface area contributed by atoms with Crippen LogP contribution in [0.5, 0.6) is 0 Å². The summed E-state index contributed by atoms with van der Waals surface area (Å²) < 4.78 is 18.7. The first-order chi connectivity index (χ1) is 13.7. The van der Waals surface area contributed by atoms with Gasteiger partial charge in [0.05, 0.1) is 6.54 Å². The van der Waals surface area contributed by atoms with Crippen LogP contribution in [0.1, 0.15) is 24.3 Å². The van der Waals surface area contributed by atoms with Crippen molar-refractivity contribution in [2.75, 3.05) is 6.54 Å². The molecule has 6 heteroatoms. The lowest BCUT2D eigenvalue weighted by Gasteiger charge is -2.20. The van der Waals surface area contributed by atoms with Crippen molar-refractivity contribution in [1.82, 2.24) is 15.1 Å². The highest BCUT2D eigenvalue weighted by molar-refractivity contribution is 5.76. The number of aryl methyl sites for hydroxylation is 1. The van der Waals surface area contributed by atoms with E-state index in [0.29, 0.717) is 37.6 Å². The van der Waals surface area contributed by atoms with Crippen LogP contribution in [0, 0.1) is 18.2 Å². The van der Waals surface area contributed by atoms with E-state index >= 15 is 0 Å². The van der Waals surface area contributed by atoms with Crippen LogP contribution in [0.3, 0.4) is 0 Å². The molecule has 0 aliphatic heterocycles. The van der Waals surface area contributed by atoms with E-state index in [-0.39, 0.29) is 18.3 Å². The second-order valence-electron chi connectivity index (χ2n) is 6.30. The third-order valence-corrected chi connectivity index (χ3v) is 4.19. The van der Waals surface area contributed by atoms with Crippen LogP contribution in [0.25, 0.3) is 11.5 Å². The van der Waals surface area contributed by atoms with Gasteiger partial charge in [-0.25, -0.2) is 4.39 Å². The first-order valence-electron chi connectivity index (χ1n) is 8.99. The second kappa shape index (κ2) is 9.47. The zero-order valence-corrected chi connectivity index (χ0v) is 15.3. The van der Waals surface area contributed by atoms with Gasteiger partial charge in [-0.15, -0.1) is 16.6 Å². The molecule has 3 rings (SSSR count). The third kappa shape index (κ3) is 5.27. The fourth-order valence-corrected chi connectivity index (χ4v) is 2.75. The van der Waals surface area contributed by atoms with Crippen molar-refractivity contribution in [1.29, 1.82) is 0 Å². The highest BCUT2D eigenvalue weighted by atomic mass is 19.1. The minimum absolute atomic E-state index is 0.0647. The number of carbonyl (C=O) groups excluding carboxylic acids is 1. The van der Waals surface area contributed by atoms with Crippen LogP contribution in [-0.4, -0.2) is 27.5 Å². The number of hydrogen-bond acceptors (Lipinski definition) is 4. The van der Waals surface area contributed by atoms with Gasteiger partial charge in [0.1, 0.15) is 5.82 Å². The molecule has 0 spiro atoms. The normalized spacial score (nSPS) is 10.4. The third-order valence-electron chi connectivity index (χ3n) is 4.19. The van der Waals surface area contributed by atoms with Crippen molar-refractivity contribution < 1.29 is 13.6 Å². The summed E-state index contributed by atoms with van der Waals surface area (Å²) in [5, 5.41) is 8.08. The lowest BCUT2D eigenvalue weighted by atomic mass is 10.1. The molecular weight excluding hydrogens is 357 g/mol. The summed E-state index contributed by atoms with van der Waals surface area (Å²) in [7, 11) is 0. The van der Waals surface area contributed by atoms with Crippen LogP contribution < -0.4 is 0 Å². The van der Waals surface area contributed by atoms with Gasteiger partial charge in [0, 0.05) is 24.9 Å². The number of amides is 1. The Morgan fingerprint density at radius 1 is 1.11 bits per heavy atom. The largest absolute Gasteiger partial charge is 0.421 e. The quantitative estimate of drug-likeness (QED) is 0.559. The highest BCUT2D eigenvalue weighted by Crippen LogP contribution is 2.18. The summed E-state index contributed by atoms with van der Waals surface area (Å²) in [6.45, 7) is 0.553. The molecule has 3 aromatic rings. The van der Waals surface area contributed by atoms with Gasteiger partial charge in [-0.2, -0.15) is 0 Å². The number of carbonyl (C=O) groups is 1. The molecule has 0 saturated heterocycles. The smallest absolute Gasteiger partial charge is 0.247 e.